The van der Waals surface area contributed by atoms with Crippen molar-refractivity contribution < 1.29 is 0 Å². The second kappa shape index (κ2) is 4.91. The first-order valence-electron chi connectivity index (χ1n) is 4.87. The van der Waals surface area contributed by atoms with Crippen molar-refractivity contribution in [1.82, 2.24) is 4.98 Å². The van der Waals surface area contributed by atoms with Gasteiger partial charge in [-0.2, -0.15) is 5.26 Å². The van der Waals surface area contributed by atoms with Crippen LogP contribution in [0.25, 0.3) is 0 Å². The Morgan fingerprint density at radius 2 is 1.88 bits per heavy atom. The molecule has 0 aliphatic carbocycles. The molecule has 0 unspecified atom stereocenters. The van der Waals surface area contributed by atoms with Crippen molar-refractivity contribution in [3.8, 4) is 6.07 Å². The van der Waals surface area contributed by atoms with Crippen LogP contribution in [0.1, 0.15) is 16.7 Å². The van der Waals surface area contributed by atoms with Gasteiger partial charge in [0, 0.05) is 6.20 Å². The predicted molar refractivity (Wildman–Crippen MR) is 65.9 cm³/mol. The van der Waals surface area contributed by atoms with Crippen LogP contribution < -0.4 is 0 Å². The molecule has 0 spiro atoms. The van der Waals surface area contributed by atoms with Crippen LogP contribution in [0.3, 0.4) is 0 Å². The van der Waals surface area contributed by atoms with E-state index in [1.807, 2.05) is 36.4 Å². The molecular weight excluding hydrogens is 264 g/mol. The van der Waals surface area contributed by atoms with E-state index in [9.17, 15) is 0 Å². The number of nitrogens with zero attached hydrogens (tertiary/aromatic N) is 2. The summed E-state index contributed by atoms with van der Waals surface area (Å²) in [6.07, 6.45) is 2.63. The summed E-state index contributed by atoms with van der Waals surface area (Å²) in [6, 6.07) is 13.7. The lowest BCUT2D eigenvalue weighted by molar-refractivity contribution is 1.14. The molecule has 0 saturated heterocycles. The second-order valence-electron chi connectivity index (χ2n) is 3.47. The summed E-state index contributed by atoms with van der Waals surface area (Å²) in [5.41, 5.74) is 3.09. The van der Waals surface area contributed by atoms with E-state index in [4.69, 9.17) is 5.26 Å². The van der Waals surface area contributed by atoms with Gasteiger partial charge in [-0.15, -0.1) is 0 Å². The largest absolute Gasteiger partial charge is 0.249 e. The number of hydrogen-bond donors (Lipinski definition) is 0. The lowest BCUT2D eigenvalue weighted by Gasteiger charge is -2.02. The Bertz CT molecular complexity index is 526. The fourth-order valence-corrected chi connectivity index (χ4v) is 1.90. The smallest absolute Gasteiger partial charge is 0.106 e. The summed E-state index contributed by atoms with van der Waals surface area (Å²) < 4.78 is 0.846. The highest BCUT2D eigenvalue weighted by Gasteiger charge is 1.98. The molecule has 0 N–H and O–H groups in total. The summed E-state index contributed by atoms with van der Waals surface area (Å²) in [7, 11) is 0. The van der Waals surface area contributed by atoms with Crippen LogP contribution in [0.5, 0.6) is 0 Å². The fraction of sp³-hybridized carbons (Fsp3) is 0.0769. The zero-order valence-electron chi connectivity index (χ0n) is 8.52. The van der Waals surface area contributed by atoms with Gasteiger partial charge in [0.05, 0.1) is 11.6 Å². The number of benzene rings is 1. The highest BCUT2D eigenvalue weighted by molar-refractivity contribution is 9.10. The molecule has 78 valence electrons. The molecule has 1 heterocycles. The van der Waals surface area contributed by atoms with Crippen LogP contribution in [0.15, 0.2) is 47.2 Å². The monoisotopic (exact) mass is 272 g/mol. The van der Waals surface area contributed by atoms with Crippen LogP contribution in [0, 0.1) is 11.3 Å². The number of pyridine rings is 1. The van der Waals surface area contributed by atoms with Gasteiger partial charge in [0.1, 0.15) is 4.60 Å². The van der Waals surface area contributed by atoms with Crippen molar-refractivity contribution in [3.63, 3.8) is 0 Å². The molecule has 2 nitrogen and oxygen atoms in total. The molecule has 0 amide bonds. The molecule has 2 aromatic rings. The van der Waals surface area contributed by atoms with Crippen LogP contribution in [0.2, 0.25) is 0 Å². The van der Waals surface area contributed by atoms with E-state index in [1.165, 1.54) is 11.1 Å². The Morgan fingerprint density at radius 1 is 1.12 bits per heavy atom. The van der Waals surface area contributed by atoms with Gasteiger partial charge in [0.25, 0.3) is 0 Å². The van der Waals surface area contributed by atoms with Crippen LogP contribution in [-0.4, -0.2) is 4.98 Å². The highest BCUT2D eigenvalue weighted by atomic mass is 79.9. The molecule has 2 rings (SSSR count). The molecule has 16 heavy (non-hydrogen) atoms. The third kappa shape index (κ3) is 2.68. The summed E-state index contributed by atoms with van der Waals surface area (Å²) in [5.74, 6) is 0. The van der Waals surface area contributed by atoms with Gasteiger partial charge >= 0.3 is 0 Å². The van der Waals surface area contributed by atoms with E-state index in [0.717, 1.165) is 11.0 Å². The minimum Gasteiger partial charge on any atom is -0.249 e. The van der Waals surface area contributed by atoms with E-state index < -0.39 is 0 Å². The number of rotatable bonds is 2. The average molecular weight is 273 g/mol. The number of aromatic nitrogens is 1. The number of nitriles is 1. The average Bonchev–Trinajstić information content (AvgIpc) is 2.30. The zero-order chi connectivity index (χ0) is 11.4. The van der Waals surface area contributed by atoms with E-state index in [1.54, 1.807) is 6.20 Å². The van der Waals surface area contributed by atoms with Gasteiger partial charge in [-0.1, -0.05) is 12.1 Å². The molecule has 0 radical (unpaired) electrons. The molecule has 0 fully saturated rings. The summed E-state index contributed by atoms with van der Waals surface area (Å²) in [5, 5.41) is 8.69. The molecule has 0 aliphatic rings. The zero-order valence-corrected chi connectivity index (χ0v) is 10.1. The lowest BCUT2D eigenvalue weighted by atomic mass is 10.1. The molecule has 1 aromatic carbocycles. The van der Waals surface area contributed by atoms with Gasteiger partial charge in [-0.25, -0.2) is 4.98 Å². The summed E-state index contributed by atoms with van der Waals surface area (Å²) in [6.45, 7) is 0. The molecule has 3 heteroatoms. The molecular formula is C13H9BrN2. The maximum Gasteiger partial charge on any atom is 0.106 e. The minimum atomic E-state index is 0.694. The first-order valence-corrected chi connectivity index (χ1v) is 5.67. The Morgan fingerprint density at radius 3 is 2.50 bits per heavy atom. The standard InChI is InChI=1S/C13H9BrN2/c14-13-8-12(5-6-16-13)7-10-1-3-11(9-15)4-2-10/h1-6,8H,7H2. The van der Waals surface area contributed by atoms with Crippen molar-refractivity contribution in [1.29, 1.82) is 5.26 Å². The fourth-order valence-electron chi connectivity index (χ4n) is 1.49. The van der Waals surface area contributed by atoms with Crippen LogP contribution >= 0.6 is 15.9 Å². The van der Waals surface area contributed by atoms with Crippen molar-refractivity contribution in [2.45, 2.75) is 6.42 Å². The van der Waals surface area contributed by atoms with Crippen molar-refractivity contribution in [2.24, 2.45) is 0 Å². The maximum atomic E-state index is 8.69. The van der Waals surface area contributed by atoms with E-state index in [-0.39, 0.29) is 0 Å². The molecule has 1 aromatic heterocycles. The second-order valence-corrected chi connectivity index (χ2v) is 4.28. The Kier molecular flexibility index (Phi) is 3.33. The quantitative estimate of drug-likeness (QED) is 0.787. The van der Waals surface area contributed by atoms with Gasteiger partial charge in [0.15, 0.2) is 0 Å². The van der Waals surface area contributed by atoms with E-state index in [2.05, 4.69) is 27.0 Å². The first kappa shape index (κ1) is 10.8. The Balaban J connectivity index is 2.18. The van der Waals surface area contributed by atoms with Crippen LogP contribution in [-0.2, 0) is 6.42 Å². The van der Waals surface area contributed by atoms with Gasteiger partial charge in [0.2, 0.25) is 0 Å². The Labute approximate surface area is 103 Å². The number of halogens is 1. The van der Waals surface area contributed by atoms with E-state index >= 15 is 0 Å². The van der Waals surface area contributed by atoms with Crippen molar-refractivity contribution in [3.05, 3.63) is 63.9 Å². The topological polar surface area (TPSA) is 36.7 Å². The third-order valence-corrected chi connectivity index (χ3v) is 2.72. The molecule has 0 atom stereocenters. The summed E-state index contributed by atoms with van der Waals surface area (Å²) >= 11 is 3.34. The van der Waals surface area contributed by atoms with Crippen LogP contribution in [0.4, 0.5) is 0 Å². The molecule has 0 aliphatic heterocycles. The van der Waals surface area contributed by atoms with Crippen molar-refractivity contribution >= 4 is 15.9 Å². The van der Waals surface area contributed by atoms with Gasteiger partial charge in [-0.3, -0.25) is 0 Å². The Hall–Kier alpha value is -1.66. The predicted octanol–water partition coefficient (Wildman–Crippen LogP) is 3.31. The number of hydrogen-bond acceptors (Lipinski definition) is 2. The minimum absolute atomic E-state index is 0.694. The highest BCUT2D eigenvalue weighted by Crippen LogP contribution is 2.13. The maximum absolute atomic E-state index is 8.69. The molecule has 0 saturated carbocycles. The summed E-state index contributed by atoms with van der Waals surface area (Å²) in [4.78, 5) is 4.08. The first-order chi connectivity index (χ1) is 7.78. The lowest BCUT2D eigenvalue weighted by Crippen LogP contribution is -1.89. The normalized spacial score (nSPS) is 9.75. The SMILES string of the molecule is N#Cc1ccc(Cc2ccnc(Br)c2)cc1. The van der Waals surface area contributed by atoms with Crippen molar-refractivity contribution in [2.75, 3.05) is 0 Å². The third-order valence-electron chi connectivity index (χ3n) is 2.28. The van der Waals surface area contributed by atoms with Gasteiger partial charge in [-0.05, 0) is 57.7 Å². The van der Waals surface area contributed by atoms with Gasteiger partial charge < -0.3 is 0 Å². The van der Waals surface area contributed by atoms with E-state index in [0.29, 0.717) is 5.56 Å². The molecule has 0 bridgehead atoms.